The number of fused-ring (bicyclic) bond motifs is 1. The van der Waals surface area contributed by atoms with Gasteiger partial charge in [-0.1, -0.05) is 6.07 Å². The summed E-state index contributed by atoms with van der Waals surface area (Å²) >= 11 is 5.81. The van der Waals surface area contributed by atoms with E-state index in [0.29, 0.717) is 5.56 Å². The first kappa shape index (κ1) is 20.2. The Bertz CT molecular complexity index is 1050. The van der Waals surface area contributed by atoms with Crippen molar-refractivity contribution in [3.05, 3.63) is 41.7 Å². The van der Waals surface area contributed by atoms with E-state index in [1.807, 2.05) is 0 Å². The third kappa shape index (κ3) is 3.97. The van der Waals surface area contributed by atoms with Gasteiger partial charge < -0.3 is 25.1 Å². The van der Waals surface area contributed by atoms with E-state index in [1.54, 1.807) is 18.3 Å². The van der Waals surface area contributed by atoms with Crippen LogP contribution in [-0.4, -0.2) is 60.8 Å². The molecule has 4 heterocycles. The number of aliphatic hydroxyl groups excluding tert-OH is 1. The molecular formula is C17H16ClFN6O5. The smallest absolute Gasteiger partial charge is 0.431 e. The Morgan fingerprint density at radius 3 is 3.00 bits per heavy atom. The van der Waals surface area contributed by atoms with E-state index in [0.717, 1.165) is 0 Å². The maximum Gasteiger partial charge on any atom is 0.508 e. The Kier molecular flexibility index (Phi) is 5.61. The van der Waals surface area contributed by atoms with Crippen LogP contribution in [0.5, 0.6) is 0 Å². The number of nitrogens with two attached hydrogens (primary N) is 1. The largest absolute Gasteiger partial charge is 0.508 e. The van der Waals surface area contributed by atoms with Gasteiger partial charge in [0, 0.05) is 18.0 Å². The number of carbonyl (C=O) groups excluding carboxylic acids is 1. The number of hydrogen-bond acceptors (Lipinski definition) is 10. The summed E-state index contributed by atoms with van der Waals surface area (Å²) in [6.07, 6.45) is -2.45. The molecule has 0 spiro atoms. The Morgan fingerprint density at radius 2 is 2.23 bits per heavy atom. The van der Waals surface area contributed by atoms with Crippen molar-refractivity contribution in [1.29, 1.82) is 0 Å². The van der Waals surface area contributed by atoms with Crippen LogP contribution < -0.4 is 5.73 Å². The molecule has 0 saturated carbocycles. The molecule has 3 aromatic rings. The quantitative estimate of drug-likeness (QED) is 0.442. The SMILES string of the molecule is Nc1nc(Cl)nc2c1ncn2[C@@H]1O[C@H](COC(=O)OCc2cccnc2)[C@@H](O)[C@@H]1F. The van der Waals surface area contributed by atoms with Crippen LogP contribution in [0.3, 0.4) is 0 Å². The van der Waals surface area contributed by atoms with Crippen LogP contribution in [-0.2, 0) is 20.8 Å². The van der Waals surface area contributed by atoms with Crippen molar-refractivity contribution < 1.29 is 28.5 Å². The summed E-state index contributed by atoms with van der Waals surface area (Å²) in [4.78, 5) is 27.5. The zero-order chi connectivity index (χ0) is 21.3. The predicted octanol–water partition coefficient (Wildman–Crippen LogP) is 1.41. The fraction of sp³-hybridized carbons (Fsp3) is 0.353. The lowest BCUT2D eigenvalue weighted by Gasteiger charge is -2.15. The van der Waals surface area contributed by atoms with E-state index in [1.165, 1.54) is 17.1 Å². The summed E-state index contributed by atoms with van der Waals surface area (Å²) < 4.78 is 31.4. The molecule has 1 saturated heterocycles. The van der Waals surface area contributed by atoms with Crippen LogP contribution in [0.4, 0.5) is 15.0 Å². The number of hydrogen-bond donors (Lipinski definition) is 2. The minimum Gasteiger partial charge on any atom is -0.431 e. The summed E-state index contributed by atoms with van der Waals surface area (Å²) in [6, 6.07) is 3.42. The standard InChI is InChI=1S/C17H16ClFN6O5/c18-16-23-13(20)11-14(24-16)25(7-22-11)15-10(19)12(26)9(30-15)6-29-17(27)28-5-8-2-1-3-21-4-8/h1-4,7,9-10,12,15,26H,5-6H2,(H2,20,23,24)/t9-,10+,12-,15-/m1/s1. The van der Waals surface area contributed by atoms with Crippen molar-refractivity contribution in [2.45, 2.75) is 31.2 Å². The van der Waals surface area contributed by atoms with Gasteiger partial charge in [-0.05, 0) is 17.7 Å². The number of halogens is 2. The highest BCUT2D eigenvalue weighted by Gasteiger charge is 2.46. The van der Waals surface area contributed by atoms with Crippen LogP contribution in [0.15, 0.2) is 30.9 Å². The Hall–Kier alpha value is -3.09. The lowest BCUT2D eigenvalue weighted by atomic mass is 10.1. The topological polar surface area (TPSA) is 148 Å². The fourth-order valence-electron chi connectivity index (χ4n) is 2.98. The third-order valence-corrected chi connectivity index (χ3v) is 4.60. The number of aliphatic hydroxyl groups is 1. The van der Waals surface area contributed by atoms with Gasteiger partial charge in [0.15, 0.2) is 23.9 Å². The highest BCUT2D eigenvalue weighted by Crippen LogP contribution is 2.34. The highest BCUT2D eigenvalue weighted by molar-refractivity contribution is 6.28. The number of pyridine rings is 1. The van der Waals surface area contributed by atoms with Gasteiger partial charge >= 0.3 is 6.16 Å². The number of rotatable bonds is 5. The van der Waals surface area contributed by atoms with Crippen molar-refractivity contribution in [3.8, 4) is 0 Å². The highest BCUT2D eigenvalue weighted by atomic mass is 35.5. The normalized spacial score (nSPS) is 23.6. The van der Waals surface area contributed by atoms with Gasteiger partial charge in [-0.3, -0.25) is 9.55 Å². The molecule has 0 aromatic carbocycles. The van der Waals surface area contributed by atoms with E-state index >= 15 is 0 Å². The molecular weight excluding hydrogens is 423 g/mol. The van der Waals surface area contributed by atoms with Crippen molar-refractivity contribution in [3.63, 3.8) is 0 Å². The van der Waals surface area contributed by atoms with Gasteiger partial charge in [-0.25, -0.2) is 14.2 Å². The van der Waals surface area contributed by atoms with E-state index in [9.17, 15) is 14.3 Å². The van der Waals surface area contributed by atoms with Crippen LogP contribution in [0.25, 0.3) is 11.2 Å². The molecule has 1 fully saturated rings. The second-order valence-corrected chi connectivity index (χ2v) is 6.75. The molecule has 1 aliphatic rings. The van der Waals surface area contributed by atoms with Gasteiger partial charge in [0.25, 0.3) is 0 Å². The van der Waals surface area contributed by atoms with Gasteiger partial charge in [0.05, 0.1) is 6.33 Å². The van der Waals surface area contributed by atoms with Crippen LogP contribution >= 0.6 is 11.6 Å². The molecule has 158 valence electrons. The second-order valence-electron chi connectivity index (χ2n) is 6.41. The zero-order valence-electron chi connectivity index (χ0n) is 15.3. The van der Waals surface area contributed by atoms with Crippen molar-refractivity contribution in [1.82, 2.24) is 24.5 Å². The molecule has 1 aliphatic heterocycles. The van der Waals surface area contributed by atoms with Gasteiger partial charge in [0.1, 0.15) is 30.9 Å². The average Bonchev–Trinajstić information content (AvgIpc) is 3.27. The maximum absolute atomic E-state index is 14.7. The van der Waals surface area contributed by atoms with Crippen molar-refractivity contribution in [2.75, 3.05) is 12.3 Å². The molecule has 0 unspecified atom stereocenters. The second kappa shape index (κ2) is 8.34. The number of alkyl halides is 1. The first-order valence-corrected chi connectivity index (χ1v) is 9.13. The number of aromatic nitrogens is 5. The van der Waals surface area contributed by atoms with Crippen LogP contribution in [0.2, 0.25) is 5.28 Å². The van der Waals surface area contributed by atoms with Gasteiger partial charge in [0.2, 0.25) is 5.28 Å². The molecule has 4 atom stereocenters. The molecule has 3 N–H and O–H groups in total. The number of anilines is 1. The molecule has 0 aliphatic carbocycles. The predicted molar refractivity (Wildman–Crippen MR) is 99.9 cm³/mol. The monoisotopic (exact) mass is 438 g/mol. The minimum absolute atomic E-state index is 0.0222. The van der Waals surface area contributed by atoms with E-state index in [4.69, 9.17) is 31.5 Å². The maximum atomic E-state index is 14.7. The van der Waals surface area contributed by atoms with Gasteiger partial charge in [-0.15, -0.1) is 0 Å². The van der Waals surface area contributed by atoms with Crippen molar-refractivity contribution in [2.24, 2.45) is 0 Å². The minimum atomic E-state index is -1.85. The zero-order valence-corrected chi connectivity index (χ0v) is 16.0. The number of carbonyl (C=O) groups is 1. The van der Waals surface area contributed by atoms with Gasteiger partial charge in [-0.2, -0.15) is 9.97 Å². The summed E-state index contributed by atoms with van der Waals surface area (Å²) in [7, 11) is 0. The summed E-state index contributed by atoms with van der Waals surface area (Å²) in [6.45, 7) is -0.466. The van der Waals surface area contributed by atoms with E-state index in [-0.39, 0.29) is 28.9 Å². The van der Waals surface area contributed by atoms with Crippen molar-refractivity contribution >= 4 is 34.7 Å². The molecule has 0 bridgehead atoms. The molecule has 30 heavy (non-hydrogen) atoms. The van der Waals surface area contributed by atoms with E-state index < -0.39 is 37.4 Å². The third-order valence-electron chi connectivity index (χ3n) is 4.43. The Morgan fingerprint density at radius 1 is 1.40 bits per heavy atom. The summed E-state index contributed by atoms with van der Waals surface area (Å²) in [5.74, 6) is 0.0222. The molecule has 0 radical (unpaired) electrons. The van der Waals surface area contributed by atoms with Crippen LogP contribution in [0.1, 0.15) is 11.8 Å². The van der Waals surface area contributed by atoms with E-state index in [2.05, 4.69) is 19.9 Å². The number of ether oxygens (including phenoxy) is 3. The Labute approximate surface area is 173 Å². The number of nitrogens with zero attached hydrogens (tertiary/aromatic N) is 5. The molecule has 3 aromatic heterocycles. The summed E-state index contributed by atoms with van der Waals surface area (Å²) in [5.41, 5.74) is 6.76. The summed E-state index contributed by atoms with van der Waals surface area (Å²) in [5, 5.41) is 10.0. The molecule has 11 nitrogen and oxygen atoms in total. The molecule has 13 heteroatoms. The Balaban J connectivity index is 1.39. The first-order chi connectivity index (χ1) is 14.4. The average molecular weight is 439 g/mol. The first-order valence-electron chi connectivity index (χ1n) is 8.75. The molecule has 4 rings (SSSR count). The molecule has 0 amide bonds. The lowest BCUT2D eigenvalue weighted by molar-refractivity contribution is -0.0590. The van der Waals surface area contributed by atoms with Crippen LogP contribution in [0, 0.1) is 0 Å². The number of nitrogen functional groups attached to an aromatic ring is 1. The number of imidazole rings is 1. The lowest BCUT2D eigenvalue weighted by Crippen LogP contribution is -2.32. The fourth-order valence-corrected chi connectivity index (χ4v) is 3.15.